The van der Waals surface area contributed by atoms with Gasteiger partial charge < -0.3 is 9.73 Å². The van der Waals surface area contributed by atoms with Gasteiger partial charge in [-0.25, -0.2) is 0 Å². The van der Waals surface area contributed by atoms with Gasteiger partial charge in [0, 0.05) is 33.3 Å². The topological polar surface area (TPSA) is 37.5 Å². The van der Waals surface area contributed by atoms with Crippen LogP contribution < -0.4 is 5.32 Å². The second-order valence-corrected chi connectivity index (χ2v) is 17.4. The summed E-state index contributed by atoms with van der Waals surface area (Å²) in [4.78, 5) is 5.64. The average molecular weight is 847 g/mol. The van der Waals surface area contributed by atoms with E-state index < -0.39 is 0 Å². The van der Waals surface area contributed by atoms with Gasteiger partial charge in [-0.1, -0.05) is 206 Å². The van der Waals surface area contributed by atoms with Crippen molar-refractivity contribution in [3.05, 3.63) is 247 Å². The number of hydrogen-bond acceptors (Lipinski definition) is 3. The molecule has 1 aromatic heterocycles. The molecular formula is C63H46N2O. The number of benzene rings is 10. The van der Waals surface area contributed by atoms with Gasteiger partial charge in [0.1, 0.15) is 17.3 Å². The van der Waals surface area contributed by atoms with Crippen molar-refractivity contribution in [1.82, 2.24) is 5.32 Å². The summed E-state index contributed by atoms with van der Waals surface area (Å²) in [6.45, 7) is 2.27. The largest absolute Gasteiger partial charge is 0.455 e. The van der Waals surface area contributed by atoms with Crippen molar-refractivity contribution in [2.24, 2.45) is 4.99 Å². The molecule has 12 rings (SSSR count). The monoisotopic (exact) mass is 846 g/mol. The van der Waals surface area contributed by atoms with Crippen molar-refractivity contribution in [2.45, 2.75) is 25.9 Å². The number of hydrogen-bond donors (Lipinski definition) is 1. The Hall–Kier alpha value is -8.27. The molecule has 0 spiro atoms. The van der Waals surface area contributed by atoms with E-state index in [9.17, 15) is 0 Å². The fraction of sp³-hybridized carbons (Fsp3) is 0.0635. The van der Waals surface area contributed by atoms with Crippen LogP contribution in [0.1, 0.15) is 42.6 Å². The molecule has 1 aliphatic rings. The molecule has 0 aliphatic carbocycles. The molecule has 2 heterocycles. The third-order valence-electron chi connectivity index (χ3n) is 13.4. The third-order valence-corrected chi connectivity index (χ3v) is 13.4. The lowest BCUT2D eigenvalue weighted by molar-refractivity contribution is 0.661. The number of aliphatic imine (C=N–C) groups is 1. The van der Waals surface area contributed by atoms with Crippen molar-refractivity contribution in [2.75, 3.05) is 0 Å². The van der Waals surface area contributed by atoms with Crippen LogP contribution in [0.15, 0.2) is 239 Å². The minimum absolute atomic E-state index is 0.343. The summed E-state index contributed by atoms with van der Waals surface area (Å²) < 4.78 is 6.84. The second-order valence-electron chi connectivity index (χ2n) is 17.4. The van der Waals surface area contributed by atoms with Crippen LogP contribution in [0.4, 0.5) is 0 Å². The Morgan fingerprint density at radius 2 is 1.03 bits per heavy atom. The van der Waals surface area contributed by atoms with Crippen LogP contribution in [0.3, 0.4) is 0 Å². The Kier molecular flexibility index (Phi) is 9.95. The quantitative estimate of drug-likeness (QED) is 0.173. The zero-order valence-electron chi connectivity index (χ0n) is 36.7. The third kappa shape index (κ3) is 7.16. The SMILES string of the molecule is C/C1=C(\c2ccc(-c3ccc4ccccc4c3)cc2)NC(c2ccc(-c3cccc4oc5c(-c6cccc(-c7ccccc7)c6)cccc5c34)c3ccccc23)/N=C(/c2ccccc2)CC1. The number of furan rings is 1. The first-order valence-corrected chi connectivity index (χ1v) is 22.9. The smallest absolute Gasteiger partial charge is 0.145 e. The highest BCUT2D eigenvalue weighted by atomic mass is 16.3. The van der Waals surface area contributed by atoms with Gasteiger partial charge in [-0.05, 0) is 115 Å². The van der Waals surface area contributed by atoms with E-state index in [0.717, 1.165) is 90.5 Å². The summed E-state index contributed by atoms with van der Waals surface area (Å²) in [7, 11) is 0. The Morgan fingerprint density at radius 3 is 1.86 bits per heavy atom. The minimum Gasteiger partial charge on any atom is -0.455 e. The molecule has 0 saturated heterocycles. The van der Waals surface area contributed by atoms with E-state index in [1.807, 2.05) is 0 Å². The average Bonchev–Trinajstić information content (AvgIpc) is 3.78. The Balaban J connectivity index is 0.959. The maximum atomic E-state index is 6.84. The maximum Gasteiger partial charge on any atom is 0.145 e. The molecule has 66 heavy (non-hydrogen) atoms. The van der Waals surface area contributed by atoms with Crippen molar-refractivity contribution in [3.8, 4) is 44.5 Å². The molecule has 11 aromatic rings. The van der Waals surface area contributed by atoms with E-state index in [1.165, 1.54) is 44.0 Å². The molecule has 0 amide bonds. The number of nitrogens with zero attached hydrogens (tertiary/aromatic N) is 1. The fourth-order valence-electron chi connectivity index (χ4n) is 10.1. The summed E-state index contributed by atoms with van der Waals surface area (Å²) in [5, 5.41) is 11.1. The van der Waals surface area contributed by atoms with Gasteiger partial charge in [-0.2, -0.15) is 0 Å². The molecule has 1 atom stereocenters. The first kappa shape index (κ1) is 39.3. The highest BCUT2D eigenvalue weighted by molar-refractivity contribution is 6.18. The lowest BCUT2D eigenvalue weighted by Crippen LogP contribution is -2.24. The molecule has 10 aromatic carbocycles. The lowest BCUT2D eigenvalue weighted by Gasteiger charge is -2.27. The van der Waals surface area contributed by atoms with Crippen LogP contribution in [0.25, 0.3) is 93.7 Å². The van der Waals surface area contributed by atoms with Crippen molar-refractivity contribution in [3.63, 3.8) is 0 Å². The van der Waals surface area contributed by atoms with E-state index in [4.69, 9.17) is 9.41 Å². The van der Waals surface area contributed by atoms with E-state index in [1.54, 1.807) is 0 Å². The zero-order chi connectivity index (χ0) is 44.0. The molecular weight excluding hydrogens is 801 g/mol. The van der Waals surface area contributed by atoms with Crippen LogP contribution in [-0.4, -0.2) is 5.71 Å². The Labute approximate surface area is 385 Å². The number of fused-ring (bicyclic) bond motifs is 5. The molecule has 1 aliphatic heterocycles. The van der Waals surface area contributed by atoms with Crippen LogP contribution in [0.2, 0.25) is 0 Å². The molecule has 0 bridgehead atoms. The first-order chi connectivity index (χ1) is 32.6. The van der Waals surface area contributed by atoms with E-state index in [2.05, 4.69) is 237 Å². The molecule has 1 N–H and O–H groups in total. The normalized spacial score (nSPS) is 16.2. The predicted octanol–water partition coefficient (Wildman–Crippen LogP) is 16.9. The summed E-state index contributed by atoms with van der Waals surface area (Å²) in [5.41, 5.74) is 18.1. The maximum absolute atomic E-state index is 6.84. The van der Waals surface area contributed by atoms with Gasteiger partial charge in [0.25, 0.3) is 0 Å². The van der Waals surface area contributed by atoms with Crippen LogP contribution >= 0.6 is 0 Å². The number of nitrogens with one attached hydrogen (secondary N) is 1. The summed E-state index contributed by atoms with van der Waals surface area (Å²) in [5.74, 6) is 0. The molecule has 3 heteroatoms. The van der Waals surface area contributed by atoms with Gasteiger partial charge in [0.05, 0.1) is 0 Å². The number of rotatable bonds is 7. The standard InChI is InChI=1S/C63H46N2O/c1-41-29-38-58(45-18-6-3-7-19-45)64-63(65-61(41)46-33-30-44(31-34-46)49-35-32-43-17-8-9-20-47(43)39-49)56-37-36-54(52-23-10-11-24-53(52)56)55-26-14-28-59-60(55)57-27-13-25-51(62(57)66-59)50-22-12-21-48(40-50)42-15-4-2-5-16-42/h2-28,30-37,39-40,63,65H,29,38H2,1H3/b61-41-,64-58+. The van der Waals surface area contributed by atoms with E-state index in [0.29, 0.717) is 0 Å². The van der Waals surface area contributed by atoms with Crippen molar-refractivity contribution in [1.29, 1.82) is 0 Å². The van der Waals surface area contributed by atoms with Crippen LogP contribution in [0.5, 0.6) is 0 Å². The Morgan fingerprint density at radius 1 is 0.424 bits per heavy atom. The lowest BCUT2D eigenvalue weighted by atomic mass is 9.90. The highest BCUT2D eigenvalue weighted by Gasteiger charge is 2.24. The number of allylic oxidation sites excluding steroid dienone is 1. The fourth-order valence-corrected chi connectivity index (χ4v) is 10.1. The molecule has 0 saturated carbocycles. The number of para-hydroxylation sites is 1. The summed E-state index contributed by atoms with van der Waals surface area (Å²) in [6.07, 6.45) is 1.40. The van der Waals surface area contributed by atoms with Crippen LogP contribution in [-0.2, 0) is 0 Å². The van der Waals surface area contributed by atoms with Gasteiger partial charge >= 0.3 is 0 Å². The molecule has 0 radical (unpaired) electrons. The second kappa shape index (κ2) is 16.7. The van der Waals surface area contributed by atoms with E-state index in [-0.39, 0.29) is 6.17 Å². The van der Waals surface area contributed by atoms with Gasteiger partial charge in [0.15, 0.2) is 0 Å². The van der Waals surface area contributed by atoms with E-state index >= 15 is 0 Å². The van der Waals surface area contributed by atoms with Crippen LogP contribution in [0, 0.1) is 0 Å². The van der Waals surface area contributed by atoms with Crippen molar-refractivity contribution < 1.29 is 4.42 Å². The highest BCUT2D eigenvalue weighted by Crippen LogP contribution is 2.44. The summed E-state index contributed by atoms with van der Waals surface area (Å²) >= 11 is 0. The van der Waals surface area contributed by atoms with Gasteiger partial charge in [-0.15, -0.1) is 0 Å². The summed E-state index contributed by atoms with van der Waals surface area (Å²) in [6, 6.07) is 80.7. The minimum atomic E-state index is -0.343. The Bertz CT molecular complexity index is 3670. The molecule has 0 fully saturated rings. The molecule has 314 valence electrons. The van der Waals surface area contributed by atoms with Gasteiger partial charge in [0.2, 0.25) is 0 Å². The zero-order valence-corrected chi connectivity index (χ0v) is 36.7. The first-order valence-electron chi connectivity index (χ1n) is 22.9. The molecule has 1 unspecified atom stereocenters. The predicted molar refractivity (Wildman–Crippen MR) is 278 cm³/mol. The molecule has 3 nitrogen and oxygen atoms in total. The van der Waals surface area contributed by atoms with Crippen molar-refractivity contribution >= 4 is 54.9 Å². The van der Waals surface area contributed by atoms with Gasteiger partial charge in [-0.3, -0.25) is 4.99 Å².